The molecule has 0 aliphatic carbocycles. The van der Waals surface area contributed by atoms with Crippen molar-refractivity contribution in [3.63, 3.8) is 0 Å². The fraction of sp³-hybridized carbons (Fsp3) is 0.125. The molecule has 1 aliphatic heterocycles. The second-order valence-corrected chi connectivity index (χ2v) is 3.75. The van der Waals surface area contributed by atoms with E-state index in [9.17, 15) is 4.79 Å². The van der Waals surface area contributed by atoms with E-state index in [-0.39, 0.29) is 5.97 Å². The van der Waals surface area contributed by atoms with Crippen LogP contribution in [0.15, 0.2) is 23.1 Å². The first-order chi connectivity index (χ1) is 5.77. The van der Waals surface area contributed by atoms with E-state index < -0.39 is 0 Å². The van der Waals surface area contributed by atoms with Gasteiger partial charge in [-0.15, -0.1) is 11.8 Å². The molecule has 0 unspecified atom stereocenters. The lowest BCUT2D eigenvalue weighted by Gasteiger charge is -2.15. The zero-order valence-electron chi connectivity index (χ0n) is 6.04. The largest absolute Gasteiger partial charge is 0.423 e. The van der Waals surface area contributed by atoms with Crippen LogP contribution < -0.4 is 4.74 Å². The van der Waals surface area contributed by atoms with Gasteiger partial charge in [-0.1, -0.05) is 17.7 Å². The summed E-state index contributed by atoms with van der Waals surface area (Å²) >= 11 is 7.27. The van der Waals surface area contributed by atoms with Crippen molar-refractivity contribution in [3.8, 4) is 5.75 Å². The number of hydrogen-bond donors (Lipinski definition) is 0. The molecule has 0 atom stereocenters. The van der Waals surface area contributed by atoms with Gasteiger partial charge in [0.05, 0.1) is 15.7 Å². The predicted molar refractivity (Wildman–Crippen MR) is 47.8 cm³/mol. The van der Waals surface area contributed by atoms with Gasteiger partial charge in [0, 0.05) is 0 Å². The Bertz CT molecular complexity index is 338. The average molecular weight is 201 g/mol. The molecule has 0 amide bonds. The minimum atomic E-state index is -0.236. The quantitative estimate of drug-likeness (QED) is 0.475. The zero-order chi connectivity index (χ0) is 8.55. The molecule has 1 aliphatic rings. The van der Waals surface area contributed by atoms with Crippen molar-refractivity contribution in [2.75, 3.05) is 5.75 Å². The third-order valence-corrected chi connectivity index (χ3v) is 2.80. The molecule has 2 rings (SSSR count). The SMILES string of the molecule is O=C1CSc2cccc(Cl)c2O1. The maximum absolute atomic E-state index is 10.9. The van der Waals surface area contributed by atoms with E-state index in [4.69, 9.17) is 16.3 Å². The van der Waals surface area contributed by atoms with E-state index in [2.05, 4.69) is 0 Å². The van der Waals surface area contributed by atoms with Gasteiger partial charge >= 0.3 is 5.97 Å². The van der Waals surface area contributed by atoms with Crippen LogP contribution in [-0.2, 0) is 4.79 Å². The average Bonchev–Trinajstić information content (AvgIpc) is 2.07. The number of thioether (sulfide) groups is 1. The van der Waals surface area contributed by atoms with Crippen LogP contribution in [0.5, 0.6) is 5.75 Å². The van der Waals surface area contributed by atoms with Crippen LogP contribution >= 0.6 is 23.4 Å². The minimum absolute atomic E-state index is 0.236. The Labute approximate surface area is 78.9 Å². The lowest BCUT2D eigenvalue weighted by atomic mass is 10.3. The van der Waals surface area contributed by atoms with Crippen molar-refractivity contribution in [1.29, 1.82) is 0 Å². The van der Waals surface area contributed by atoms with Gasteiger partial charge in [0.25, 0.3) is 0 Å². The molecule has 0 fully saturated rings. The van der Waals surface area contributed by atoms with E-state index in [1.807, 2.05) is 12.1 Å². The summed E-state index contributed by atoms with van der Waals surface area (Å²) in [5, 5.41) is 0.494. The fourth-order valence-electron chi connectivity index (χ4n) is 0.982. The molecule has 0 saturated heterocycles. The summed E-state index contributed by atoms with van der Waals surface area (Å²) in [6, 6.07) is 5.44. The van der Waals surface area contributed by atoms with Crippen LogP contribution in [0.2, 0.25) is 5.02 Å². The summed E-state index contributed by atoms with van der Waals surface area (Å²) in [4.78, 5) is 11.8. The van der Waals surface area contributed by atoms with Gasteiger partial charge < -0.3 is 4.74 Å². The van der Waals surface area contributed by atoms with Crippen molar-refractivity contribution >= 4 is 29.3 Å². The zero-order valence-corrected chi connectivity index (χ0v) is 7.61. The van der Waals surface area contributed by atoms with Crippen molar-refractivity contribution < 1.29 is 9.53 Å². The third kappa shape index (κ3) is 1.30. The number of hydrogen-bond acceptors (Lipinski definition) is 3. The maximum Gasteiger partial charge on any atom is 0.321 e. The first-order valence-corrected chi connectivity index (χ1v) is 4.76. The van der Waals surface area contributed by atoms with Gasteiger partial charge in [-0.2, -0.15) is 0 Å². The van der Waals surface area contributed by atoms with E-state index in [1.54, 1.807) is 6.07 Å². The lowest BCUT2D eigenvalue weighted by Crippen LogP contribution is -2.15. The van der Waals surface area contributed by atoms with Crippen LogP contribution in [-0.4, -0.2) is 11.7 Å². The van der Waals surface area contributed by atoms with Gasteiger partial charge in [0.15, 0.2) is 5.75 Å². The van der Waals surface area contributed by atoms with E-state index >= 15 is 0 Å². The normalized spacial score (nSPS) is 15.2. The second kappa shape index (κ2) is 2.99. The summed E-state index contributed by atoms with van der Waals surface area (Å²) in [7, 11) is 0. The number of benzene rings is 1. The summed E-state index contributed by atoms with van der Waals surface area (Å²) in [5.41, 5.74) is 0. The minimum Gasteiger partial charge on any atom is -0.423 e. The molecule has 0 spiro atoms. The molecule has 4 heteroatoms. The molecule has 0 bridgehead atoms. The molecular weight excluding hydrogens is 196 g/mol. The molecule has 12 heavy (non-hydrogen) atoms. The van der Waals surface area contributed by atoms with Gasteiger partial charge in [-0.05, 0) is 12.1 Å². The molecular formula is C8H5ClO2S. The second-order valence-electron chi connectivity index (χ2n) is 2.33. The first-order valence-electron chi connectivity index (χ1n) is 3.39. The standard InChI is InChI=1S/C8H5ClO2S/c9-5-2-1-3-6-8(5)11-7(10)4-12-6/h1-3H,4H2. The van der Waals surface area contributed by atoms with E-state index in [0.29, 0.717) is 16.5 Å². The number of halogens is 1. The highest BCUT2D eigenvalue weighted by Gasteiger charge is 2.19. The highest BCUT2D eigenvalue weighted by molar-refractivity contribution is 8.00. The number of ether oxygens (including phenoxy) is 1. The summed E-state index contributed by atoms with van der Waals surface area (Å²) < 4.78 is 4.97. The van der Waals surface area contributed by atoms with Gasteiger partial charge in [0.1, 0.15) is 0 Å². The van der Waals surface area contributed by atoms with E-state index in [1.165, 1.54) is 11.8 Å². The van der Waals surface area contributed by atoms with Crippen LogP contribution in [0.3, 0.4) is 0 Å². The number of para-hydroxylation sites is 1. The van der Waals surface area contributed by atoms with Gasteiger partial charge in [-0.3, -0.25) is 4.79 Å². The van der Waals surface area contributed by atoms with Crippen LogP contribution in [0.1, 0.15) is 0 Å². The Balaban J connectivity index is 2.50. The van der Waals surface area contributed by atoms with Crippen LogP contribution in [0.25, 0.3) is 0 Å². The molecule has 2 nitrogen and oxygen atoms in total. The predicted octanol–water partition coefficient (Wildman–Crippen LogP) is 2.35. The lowest BCUT2D eigenvalue weighted by molar-refractivity contribution is -0.131. The highest BCUT2D eigenvalue weighted by atomic mass is 35.5. The first kappa shape index (κ1) is 7.95. The maximum atomic E-state index is 10.9. The molecule has 0 saturated carbocycles. The summed E-state index contributed by atoms with van der Waals surface area (Å²) in [6.07, 6.45) is 0. The van der Waals surface area contributed by atoms with Crippen LogP contribution in [0.4, 0.5) is 0 Å². The fourth-order valence-corrected chi connectivity index (χ4v) is 2.04. The number of carbonyl (C=O) groups excluding carboxylic acids is 1. The molecule has 1 aromatic rings. The van der Waals surface area contributed by atoms with Crippen molar-refractivity contribution in [1.82, 2.24) is 0 Å². The Kier molecular flexibility index (Phi) is 1.98. The Morgan fingerprint density at radius 2 is 2.33 bits per heavy atom. The van der Waals surface area contributed by atoms with Crippen molar-refractivity contribution in [3.05, 3.63) is 23.2 Å². The Morgan fingerprint density at radius 3 is 3.17 bits per heavy atom. The third-order valence-electron chi connectivity index (χ3n) is 1.49. The smallest absolute Gasteiger partial charge is 0.321 e. The number of fused-ring (bicyclic) bond motifs is 1. The molecule has 1 aromatic carbocycles. The van der Waals surface area contributed by atoms with Gasteiger partial charge in [-0.25, -0.2) is 0 Å². The molecule has 1 heterocycles. The number of rotatable bonds is 0. The monoisotopic (exact) mass is 200 g/mol. The number of carbonyl (C=O) groups is 1. The topological polar surface area (TPSA) is 26.3 Å². The summed E-state index contributed by atoms with van der Waals surface area (Å²) in [6.45, 7) is 0. The van der Waals surface area contributed by atoms with E-state index in [0.717, 1.165) is 4.90 Å². The molecule has 0 N–H and O–H groups in total. The summed E-state index contributed by atoms with van der Waals surface area (Å²) in [5.74, 6) is 0.633. The van der Waals surface area contributed by atoms with Gasteiger partial charge in [0.2, 0.25) is 0 Å². The molecule has 0 aromatic heterocycles. The van der Waals surface area contributed by atoms with Crippen molar-refractivity contribution in [2.24, 2.45) is 0 Å². The number of esters is 1. The Morgan fingerprint density at radius 1 is 1.50 bits per heavy atom. The van der Waals surface area contributed by atoms with Crippen LogP contribution in [0, 0.1) is 0 Å². The molecule has 0 radical (unpaired) electrons. The van der Waals surface area contributed by atoms with Crippen molar-refractivity contribution in [2.45, 2.75) is 4.90 Å². The highest BCUT2D eigenvalue weighted by Crippen LogP contribution is 2.38. The Hall–Kier alpha value is -0.670. The molecule has 62 valence electrons.